The summed E-state index contributed by atoms with van der Waals surface area (Å²) < 4.78 is 10.1. The molecule has 138 valence electrons. The summed E-state index contributed by atoms with van der Waals surface area (Å²) in [4.78, 5) is 34.5. The molecular weight excluding hydrogens is 334 g/mol. The number of amides is 1. The molecule has 0 spiro atoms. The molecule has 0 unspecified atom stereocenters. The minimum atomic E-state index is -0.983. The average Bonchev–Trinajstić information content (AvgIpc) is 3.03. The number of carboxylic acid groups (broad SMARTS) is 1. The van der Waals surface area contributed by atoms with Gasteiger partial charge in [-0.3, -0.25) is 9.59 Å². The molecule has 0 aromatic rings. The van der Waals surface area contributed by atoms with E-state index in [1.54, 1.807) is 20.8 Å². The van der Waals surface area contributed by atoms with Gasteiger partial charge in [-0.15, -0.1) is 11.8 Å². The molecule has 1 rings (SSSR count). The fourth-order valence-corrected chi connectivity index (χ4v) is 3.65. The number of esters is 1. The summed E-state index contributed by atoms with van der Waals surface area (Å²) in [6.07, 6.45) is 2.70. The van der Waals surface area contributed by atoms with Crippen LogP contribution in [0.3, 0.4) is 0 Å². The van der Waals surface area contributed by atoms with Crippen molar-refractivity contribution in [2.45, 2.75) is 69.7 Å². The number of hydrogen-bond acceptors (Lipinski definition) is 6. The third-order valence-electron chi connectivity index (χ3n) is 3.67. The normalized spacial score (nSPS) is 17.3. The summed E-state index contributed by atoms with van der Waals surface area (Å²) in [7, 11) is 0. The molecule has 0 heterocycles. The molecule has 1 aliphatic rings. The van der Waals surface area contributed by atoms with Gasteiger partial charge in [-0.1, -0.05) is 33.6 Å². The third-order valence-corrected chi connectivity index (χ3v) is 5.22. The summed E-state index contributed by atoms with van der Waals surface area (Å²) in [6, 6.07) is 0. The lowest BCUT2D eigenvalue weighted by Gasteiger charge is -2.22. The van der Waals surface area contributed by atoms with E-state index < -0.39 is 29.6 Å². The number of nitrogens with one attached hydrogen (secondary N) is 1. The van der Waals surface area contributed by atoms with Gasteiger partial charge in [0.15, 0.2) is 0 Å². The van der Waals surface area contributed by atoms with Gasteiger partial charge >= 0.3 is 18.0 Å². The maximum absolute atomic E-state index is 11.9. The number of aliphatic carboxylic acids is 1. The van der Waals surface area contributed by atoms with Crippen molar-refractivity contribution in [3.63, 3.8) is 0 Å². The summed E-state index contributed by atoms with van der Waals surface area (Å²) in [5.74, 6) is -1.61. The molecule has 2 N–H and O–H groups in total. The molecule has 0 radical (unpaired) electrons. The Morgan fingerprint density at radius 3 is 2.33 bits per heavy atom. The van der Waals surface area contributed by atoms with Crippen LogP contribution in [0, 0.1) is 5.92 Å². The Morgan fingerprint density at radius 1 is 1.21 bits per heavy atom. The number of thioether (sulfide) groups is 1. The van der Waals surface area contributed by atoms with Gasteiger partial charge in [0.1, 0.15) is 5.25 Å². The predicted molar refractivity (Wildman–Crippen MR) is 90.8 cm³/mol. The SMILES string of the molecule is CCC(=O)O[C@H](OC(=O)NC[C@H](SC1CCCC1)C(=O)O)C(C)C. The van der Waals surface area contributed by atoms with Gasteiger partial charge in [0.25, 0.3) is 6.29 Å². The lowest BCUT2D eigenvalue weighted by atomic mass is 10.2. The van der Waals surface area contributed by atoms with Gasteiger partial charge in [0.2, 0.25) is 0 Å². The molecule has 7 nitrogen and oxygen atoms in total. The molecule has 0 bridgehead atoms. The Labute approximate surface area is 146 Å². The second-order valence-corrected chi connectivity index (χ2v) is 7.62. The second-order valence-electron chi connectivity index (χ2n) is 6.11. The fourth-order valence-electron chi connectivity index (χ4n) is 2.28. The smallest absolute Gasteiger partial charge is 0.410 e. The van der Waals surface area contributed by atoms with E-state index >= 15 is 0 Å². The maximum Gasteiger partial charge on any atom is 0.410 e. The first-order valence-electron chi connectivity index (χ1n) is 8.35. The van der Waals surface area contributed by atoms with E-state index in [2.05, 4.69) is 5.32 Å². The minimum absolute atomic E-state index is 0.0259. The number of alkyl carbamates (subject to hydrolysis) is 1. The van der Waals surface area contributed by atoms with Gasteiger partial charge in [-0.2, -0.15) is 0 Å². The molecule has 1 aliphatic carbocycles. The zero-order chi connectivity index (χ0) is 18.1. The zero-order valence-electron chi connectivity index (χ0n) is 14.4. The summed E-state index contributed by atoms with van der Waals surface area (Å²) in [5, 5.41) is 11.4. The van der Waals surface area contributed by atoms with Crippen LogP contribution < -0.4 is 5.32 Å². The first kappa shape index (κ1) is 20.6. The van der Waals surface area contributed by atoms with Crippen LogP contribution in [0.2, 0.25) is 0 Å². The topological polar surface area (TPSA) is 102 Å². The lowest BCUT2D eigenvalue weighted by molar-refractivity contribution is -0.174. The standard InChI is InChI=1S/C16H27NO6S/c1-4-13(18)22-15(10(2)3)23-16(21)17-9-12(14(19)20)24-11-7-5-6-8-11/h10-12,15H,4-9H2,1-3H3,(H,17,21)(H,19,20)/t12-,15+/m0/s1. The van der Waals surface area contributed by atoms with E-state index in [1.165, 1.54) is 11.8 Å². The average molecular weight is 361 g/mol. The molecule has 0 aromatic heterocycles. The second kappa shape index (κ2) is 10.4. The Bertz CT molecular complexity index is 436. The number of carbonyl (C=O) groups is 3. The molecule has 2 atom stereocenters. The van der Waals surface area contributed by atoms with Gasteiger partial charge in [0, 0.05) is 24.1 Å². The third kappa shape index (κ3) is 7.42. The van der Waals surface area contributed by atoms with E-state index in [4.69, 9.17) is 9.47 Å². The summed E-state index contributed by atoms with van der Waals surface area (Å²) >= 11 is 1.39. The quantitative estimate of drug-likeness (QED) is 0.481. The van der Waals surface area contributed by atoms with Gasteiger partial charge in [-0.05, 0) is 12.8 Å². The number of rotatable bonds is 9. The molecule has 1 fully saturated rings. The van der Waals surface area contributed by atoms with Gasteiger partial charge in [0.05, 0.1) is 0 Å². The molecule has 1 amide bonds. The largest absolute Gasteiger partial charge is 0.480 e. The van der Waals surface area contributed by atoms with Crippen LogP contribution >= 0.6 is 11.8 Å². The van der Waals surface area contributed by atoms with Crippen LogP contribution in [-0.4, -0.2) is 46.5 Å². The molecule has 0 aromatic carbocycles. The fraction of sp³-hybridized carbons (Fsp3) is 0.812. The van der Waals surface area contributed by atoms with Crippen LogP contribution in [0.15, 0.2) is 0 Å². The first-order valence-corrected chi connectivity index (χ1v) is 9.30. The number of ether oxygens (including phenoxy) is 2. The number of carboxylic acids is 1. The Hall–Kier alpha value is -1.44. The van der Waals surface area contributed by atoms with Crippen LogP contribution in [0.4, 0.5) is 4.79 Å². The van der Waals surface area contributed by atoms with Crippen molar-refractivity contribution >= 4 is 29.8 Å². The van der Waals surface area contributed by atoms with Crippen molar-refractivity contribution in [1.82, 2.24) is 5.32 Å². The highest BCUT2D eigenvalue weighted by atomic mass is 32.2. The summed E-state index contributed by atoms with van der Waals surface area (Å²) in [6.45, 7) is 5.15. The van der Waals surface area contributed by atoms with Crippen LogP contribution in [0.25, 0.3) is 0 Å². The Balaban J connectivity index is 2.45. The molecule has 24 heavy (non-hydrogen) atoms. The lowest BCUT2D eigenvalue weighted by Crippen LogP contribution is -2.39. The van der Waals surface area contributed by atoms with E-state index in [1.807, 2.05) is 0 Å². The predicted octanol–water partition coefficient (Wildman–Crippen LogP) is 2.78. The Kier molecular flexibility index (Phi) is 8.95. The maximum atomic E-state index is 11.9. The van der Waals surface area contributed by atoms with Crippen molar-refractivity contribution in [1.29, 1.82) is 0 Å². The monoisotopic (exact) mass is 361 g/mol. The molecule has 0 aliphatic heterocycles. The van der Waals surface area contributed by atoms with E-state index in [0.717, 1.165) is 25.7 Å². The van der Waals surface area contributed by atoms with Crippen molar-refractivity contribution < 1.29 is 29.0 Å². The molecule has 0 saturated heterocycles. The van der Waals surface area contributed by atoms with E-state index in [0.29, 0.717) is 5.25 Å². The molecule has 1 saturated carbocycles. The summed E-state index contributed by atoms with van der Waals surface area (Å²) in [5.41, 5.74) is 0. The van der Waals surface area contributed by atoms with E-state index in [-0.39, 0.29) is 18.9 Å². The highest BCUT2D eigenvalue weighted by Crippen LogP contribution is 2.32. The van der Waals surface area contributed by atoms with Gasteiger partial charge in [-0.25, -0.2) is 4.79 Å². The zero-order valence-corrected chi connectivity index (χ0v) is 15.3. The molecule has 8 heteroatoms. The van der Waals surface area contributed by atoms with Crippen molar-refractivity contribution in [3.8, 4) is 0 Å². The molecular formula is C16H27NO6S. The minimum Gasteiger partial charge on any atom is -0.480 e. The highest BCUT2D eigenvalue weighted by Gasteiger charge is 2.27. The first-order chi connectivity index (χ1) is 11.3. The van der Waals surface area contributed by atoms with Crippen molar-refractivity contribution in [3.05, 3.63) is 0 Å². The Morgan fingerprint density at radius 2 is 1.83 bits per heavy atom. The van der Waals surface area contributed by atoms with Crippen LogP contribution in [0.1, 0.15) is 52.9 Å². The number of hydrogen-bond donors (Lipinski definition) is 2. The van der Waals surface area contributed by atoms with Crippen LogP contribution in [0.5, 0.6) is 0 Å². The van der Waals surface area contributed by atoms with E-state index in [9.17, 15) is 19.5 Å². The van der Waals surface area contributed by atoms with Crippen molar-refractivity contribution in [2.24, 2.45) is 5.92 Å². The van der Waals surface area contributed by atoms with Crippen LogP contribution in [-0.2, 0) is 19.1 Å². The van der Waals surface area contributed by atoms with Gasteiger partial charge < -0.3 is 19.9 Å². The number of carbonyl (C=O) groups excluding carboxylic acids is 2. The van der Waals surface area contributed by atoms with Crippen molar-refractivity contribution in [2.75, 3.05) is 6.54 Å². The highest BCUT2D eigenvalue weighted by molar-refractivity contribution is 8.01.